The quantitative estimate of drug-likeness (QED) is 0.858. The second-order valence-corrected chi connectivity index (χ2v) is 4.03. The summed E-state index contributed by atoms with van der Waals surface area (Å²) in [6.07, 6.45) is 3.65. The van der Waals surface area contributed by atoms with Crippen LogP contribution in [-0.4, -0.2) is 21.6 Å². The fraction of sp³-hybridized carbons (Fsp3) is 0.154. The topological polar surface area (TPSA) is 46.1 Å². The maximum atomic E-state index is 12.1. The lowest BCUT2D eigenvalue weighted by molar-refractivity contribution is -0.117. The molecule has 0 spiro atoms. The number of nitrogens with zero attached hydrogens (tertiary/aromatic N) is 3. The SMILES string of the molecule is O=C(CCS)N(c1ccccn1)c1ccccn1. The lowest BCUT2D eigenvalue weighted by Gasteiger charge is -2.20. The molecule has 92 valence electrons. The minimum atomic E-state index is -0.0672. The van der Waals surface area contributed by atoms with Gasteiger partial charge in [-0.3, -0.25) is 4.79 Å². The number of rotatable bonds is 4. The van der Waals surface area contributed by atoms with E-state index in [0.717, 1.165) is 0 Å². The van der Waals surface area contributed by atoms with Gasteiger partial charge in [0, 0.05) is 18.8 Å². The Bertz CT molecular complexity index is 465. The van der Waals surface area contributed by atoms with Crippen LogP contribution in [0.25, 0.3) is 0 Å². The molecule has 2 aromatic heterocycles. The number of amides is 1. The molecule has 0 saturated carbocycles. The van der Waals surface area contributed by atoms with Crippen molar-refractivity contribution in [2.45, 2.75) is 6.42 Å². The molecule has 4 nitrogen and oxygen atoms in total. The molecule has 0 atom stereocenters. The highest BCUT2D eigenvalue weighted by Gasteiger charge is 2.18. The summed E-state index contributed by atoms with van der Waals surface area (Å²) in [4.78, 5) is 22.0. The van der Waals surface area contributed by atoms with Crippen LogP contribution >= 0.6 is 12.6 Å². The molecule has 0 fully saturated rings. The van der Waals surface area contributed by atoms with Crippen LogP contribution in [0.1, 0.15) is 6.42 Å². The normalized spacial score (nSPS) is 10.1. The van der Waals surface area contributed by atoms with E-state index < -0.39 is 0 Å². The van der Waals surface area contributed by atoms with Gasteiger partial charge in [-0.15, -0.1) is 0 Å². The maximum Gasteiger partial charge on any atom is 0.234 e. The van der Waals surface area contributed by atoms with Crippen molar-refractivity contribution in [2.24, 2.45) is 0 Å². The summed E-state index contributed by atoms with van der Waals surface area (Å²) in [5, 5.41) is 0. The molecule has 1 amide bonds. The van der Waals surface area contributed by atoms with Crippen molar-refractivity contribution in [1.82, 2.24) is 9.97 Å². The van der Waals surface area contributed by atoms with E-state index >= 15 is 0 Å². The molecule has 0 aliphatic carbocycles. The van der Waals surface area contributed by atoms with E-state index in [1.54, 1.807) is 24.5 Å². The van der Waals surface area contributed by atoms with Gasteiger partial charge in [0.15, 0.2) is 0 Å². The first-order valence-electron chi connectivity index (χ1n) is 5.59. The molecular weight excluding hydrogens is 246 g/mol. The number of aromatic nitrogens is 2. The summed E-state index contributed by atoms with van der Waals surface area (Å²) in [5.74, 6) is 1.57. The summed E-state index contributed by atoms with van der Waals surface area (Å²) >= 11 is 4.09. The summed E-state index contributed by atoms with van der Waals surface area (Å²) in [7, 11) is 0. The molecule has 0 aromatic carbocycles. The molecule has 18 heavy (non-hydrogen) atoms. The van der Waals surface area contributed by atoms with Crippen molar-refractivity contribution < 1.29 is 4.79 Å². The van der Waals surface area contributed by atoms with Gasteiger partial charge >= 0.3 is 0 Å². The Labute approximate surface area is 111 Å². The Morgan fingerprint density at radius 2 is 1.61 bits per heavy atom. The Hall–Kier alpha value is -1.88. The van der Waals surface area contributed by atoms with Crippen LogP contribution in [0.4, 0.5) is 11.6 Å². The van der Waals surface area contributed by atoms with Crippen LogP contribution in [-0.2, 0) is 4.79 Å². The first kappa shape index (κ1) is 12.6. The van der Waals surface area contributed by atoms with Gasteiger partial charge in [-0.1, -0.05) is 12.1 Å². The number of pyridine rings is 2. The Morgan fingerprint density at radius 3 is 2.00 bits per heavy atom. The molecule has 0 N–H and O–H groups in total. The van der Waals surface area contributed by atoms with Crippen molar-refractivity contribution in [1.29, 1.82) is 0 Å². The average molecular weight is 259 g/mol. The first-order chi connectivity index (χ1) is 8.83. The Morgan fingerprint density at radius 1 is 1.06 bits per heavy atom. The minimum Gasteiger partial charge on any atom is -0.274 e. The lowest BCUT2D eigenvalue weighted by Crippen LogP contribution is -2.27. The van der Waals surface area contributed by atoms with Crippen LogP contribution in [0.15, 0.2) is 48.8 Å². The standard InChI is InChI=1S/C13H13N3OS/c17-13(7-10-18)16(11-5-1-3-8-14-11)12-6-2-4-9-15-12/h1-6,8-9,18H,7,10H2. The maximum absolute atomic E-state index is 12.1. The van der Waals surface area contributed by atoms with E-state index in [0.29, 0.717) is 23.8 Å². The molecule has 2 aromatic rings. The highest BCUT2D eigenvalue weighted by Crippen LogP contribution is 2.21. The largest absolute Gasteiger partial charge is 0.274 e. The second-order valence-electron chi connectivity index (χ2n) is 3.58. The zero-order valence-corrected chi connectivity index (χ0v) is 10.6. The Kier molecular flexibility index (Phi) is 4.30. The van der Waals surface area contributed by atoms with E-state index in [9.17, 15) is 4.79 Å². The zero-order valence-electron chi connectivity index (χ0n) is 9.73. The van der Waals surface area contributed by atoms with E-state index in [4.69, 9.17) is 0 Å². The van der Waals surface area contributed by atoms with E-state index in [2.05, 4.69) is 22.6 Å². The number of carbonyl (C=O) groups excluding carboxylic acids is 1. The molecule has 5 heteroatoms. The number of hydrogen-bond donors (Lipinski definition) is 1. The van der Waals surface area contributed by atoms with Crippen LogP contribution < -0.4 is 4.90 Å². The number of thiol groups is 1. The third-order valence-electron chi connectivity index (χ3n) is 2.33. The van der Waals surface area contributed by atoms with Gasteiger partial charge in [-0.2, -0.15) is 12.6 Å². The van der Waals surface area contributed by atoms with Gasteiger partial charge < -0.3 is 0 Å². The van der Waals surface area contributed by atoms with Crippen molar-refractivity contribution in [3.63, 3.8) is 0 Å². The van der Waals surface area contributed by atoms with Gasteiger partial charge in [0.2, 0.25) is 5.91 Å². The molecule has 2 heterocycles. The molecule has 0 saturated heterocycles. The van der Waals surface area contributed by atoms with Gasteiger partial charge in [0.25, 0.3) is 0 Å². The molecule has 0 radical (unpaired) electrons. The second kappa shape index (κ2) is 6.16. The molecule has 0 unspecified atom stereocenters. The van der Waals surface area contributed by atoms with Gasteiger partial charge in [-0.05, 0) is 30.0 Å². The van der Waals surface area contributed by atoms with Gasteiger partial charge in [0.1, 0.15) is 11.6 Å². The summed E-state index contributed by atoms with van der Waals surface area (Å²) < 4.78 is 0. The Balaban J connectivity index is 2.38. The monoisotopic (exact) mass is 259 g/mol. The average Bonchev–Trinajstić information content (AvgIpc) is 2.42. The van der Waals surface area contributed by atoms with Crippen molar-refractivity contribution in [2.75, 3.05) is 10.7 Å². The number of hydrogen-bond acceptors (Lipinski definition) is 4. The predicted octanol–water partition coefficient (Wildman–Crippen LogP) is 2.46. The summed E-state index contributed by atoms with van der Waals surface area (Å²) in [6, 6.07) is 10.9. The highest BCUT2D eigenvalue weighted by atomic mass is 32.1. The molecule has 0 aliphatic rings. The van der Waals surface area contributed by atoms with E-state index in [-0.39, 0.29) is 5.91 Å². The molecular formula is C13H13N3OS. The van der Waals surface area contributed by atoms with E-state index in [1.807, 2.05) is 24.3 Å². The van der Waals surface area contributed by atoms with Crippen molar-refractivity contribution >= 4 is 30.2 Å². The summed E-state index contributed by atoms with van der Waals surface area (Å²) in [5.41, 5.74) is 0. The summed E-state index contributed by atoms with van der Waals surface area (Å²) in [6.45, 7) is 0. The van der Waals surface area contributed by atoms with Crippen LogP contribution in [0.5, 0.6) is 0 Å². The van der Waals surface area contributed by atoms with Crippen molar-refractivity contribution in [3.05, 3.63) is 48.8 Å². The smallest absolute Gasteiger partial charge is 0.234 e. The fourth-order valence-corrected chi connectivity index (χ4v) is 1.74. The van der Waals surface area contributed by atoms with Gasteiger partial charge in [-0.25, -0.2) is 14.9 Å². The number of carbonyl (C=O) groups is 1. The highest BCUT2D eigenvalue weighted by molar-refractivity contribution is 7.80. The predicted molar refractivity (Wildman–Crippen MR) is 74.1 cm³/mol. The zero-order chi connectivity index (χ0) is 12.8. The molecule has 2 rings (SSSR count). The first-order valence-corrected chi connectivity index (χ1v) is 6.22. The van der Waals surface area contributed by atoms with Crippen molar-refractivity contribution in [3.8, 4) is 0 Å². The lowest BCUT2D eigenvalue weighted by atomic mass is 10.3. The number of anilines is 2. The minimum absolute atomic E-state index is 0.0672. The van der Waals surface area contributed by atoms with E-state index in [1.165, 1.54) is 4.90 Å². The third-order valence-corrected chi connectivity index (χ3v) is 2.56. The van der Waals surface area contributed by atoms with Crippen LogP contribution in [0.3, 0.4) is 0 Å². The van der Waals surface area contributed by atoms with Gasteiger partial charge in [0.05, 0.1) is 0 Å². The molecule has 0 bridgehead atoms. The fourth-order valence-electron chi connectivity index (χ4n) is 1.55. The van der Waals surface area contributed by atoms with Crippen LogP contribution in [0, 0.1) is 0 Å². The van der Waals surface area contributed by atoms with Crippen LogP contribution in [0.2, 0.25) is 0 Å². The molecule has 0 aliphatic heterocycles. The third kappa shape index (κ3) is 2.87.